The van der Waals surface area contributed by atoms with Crippen molar-refractivity contribution >= 4 is 0 Å². The summed E-state index contributed by atoms with van der Waals surface area (Å²) in [6, 6.07) is 8.54. The number of hydrogen-bond acceptors (Lipinski definition) is 5. The lowest BCUT2D eigenvalue weighted by Gasteiger charge is -2.25. The largest absolute Gasteiger partial charge is 0.454 e. The SMILES string of the molecule is CC(NCc1ccc2c(c1)OCO2)C(F)(F)c1ccc2c(c1)OCO2. The molecule has 7 heteroatoms. The summed E-state index contributed by atoms with van der Waals surface area (Å²) in [5.41, 5.74) is 0.736. The number of nitrogens with one attached hydrogen (secondary N) is 1. The molecule has 0 aliphatic carbocycles. The Labute approximate surface area is 143 Å². The highest BCUT2D eigenvalue weighted by atomic mass is 19.3. The highest BCUT2D eigenvalue weighted by molar-refractivity contribution is 5.46. The molecule has 0 fully saturated rings. The molecule has 0 bridgehead atoms. The van der Waals surface area contributed by atoms with Gasteiger partial charge in [0.1, 0.15) is 0 Å². The Morgan fingerprint density at radius 1 is 0.920 bits per heavy atom. The Morgan fingerprint density at radius 3 is 2.24 bits per heavy atom. The van der Waals surface area contributed by atoms with Crippen LogP contribution in [0.5, 0.6) is 23.0 Å². The molecule has 1 atom stereocenters. The lowest BCUT2D eigenvalue weighted by atomic mass is 10.0. The molecule has 132 valence electrons. The monoisotopic (exact) mass is 349 g/mol. The van der Waals surface area contributed by atoms with Crippen molar-refractivity contribution in [2.45, 2.75) is 25.4 Å². The third-order valence-electron chi connectivity index (χ3n) is 4.35. The minimum atomic E-state index is -3.06. The standard InChI is InChI=1S/C18H17F2NO4/c1-11(21-8-12-2-4-14-16(6-12)24-9-22-14)18(19,20)13-3-5-15-17(7-13)25-10-23-15/h2-7,11,21H,8-10H2,1H3. The number of rotatable bonds is 5. The Balaban J connectivity index is 1.45. The molecule has 25 heavy (non-hydrogen) atoms. The fourth-order valence-corrected chi connectivity index (χ4v) is 2.80. The maximum Gasteiger partial charge on any atom is 0.288 e. The molecule has 0 spiro atoms. The van der Waals surface area contributed by atoms with Crippen molar-refractivity contribution in [3.8, 4) is 23.0 Å². The molecule has 2 aliphatic rings. The van der Waals surface area contributed by atoms with Gasteiger partial charge in [0.25, 0.3) is 5.92 Å². The zero-order valence-corrected chi connectivity index (χ0v) is 13.6. The van der Waals surface area contributed by atoms with E-state index in [0.717, 1.165) is 5.56 Å². The third-order valence-corrected chi connectivity index (χ3v) is 4.35. The maximum absolute atomic E-state index is 14.7. The van der Waals surface area contributed by atoms with Crippen molar-refractivity contribution in [3.05, 3.63) is 47.5 Å². The zero-order chi connectivity index (χ0) is 17.4. The lowest BCUT2D eigenvalue weighted by Crippen LogP contribution is -2.40. The lowest BCUT2D eigenvalue weighted by molar-refractivity contribution is -0.0383. The summed E-state index contributed by atoms with van der Waals surface area (Å²) in [6.07, 6.45) is 0. The van der Waals surface area contributed by atoms with E-state index in [-0.39, 0.29) is 25.7 Å². The minimum absolute atomic E-state index is 0.0578. The minimum Gasteiger partial charge on any atom is -0.454 e. The fourth-order valence-electron chi connectivity index (χ4n) is 2.80. The van der Waals surface area contributed by atoms with E-state index in [1.807, 2.05) is 6.07 Å². The van der Waals surface area contributed by atoms with Gasteiger partial charge in [-0.25, -0.2) is 0 Å². The number of benzene rings is 2. The van der Waals surface area contributed by atoms with Crippen LogP contribution in [0.2, 0.25) is 0 Å². The summed E-state index contributed by atoms with van der Waals surface area (Å²) in [7, 11) is 0. The van der Waals surface area contributed by atoms with Gasteiger partial charge in [0, 0.05) is 12.1 Å². The number of halogens is 2. The average Bonchev–Trinajstić information content (AvgIpc) is 3.26. The first-order valence-electron chi connectivity index (χ1n) is 7.94. The first-order valence-corrected chi connectivity index (χ1v) is 7.94. The normalized spacial score (nSPS) is 16.1. The summed E-state index contributed by atoms with van der Waals surface area (Å²) in [4.78, 5) is 0. The summed E-state index contributed by atoms with van der Waals surface area (Å²) in [5, 5.41) is 2.88. The van der Waals surface area contributed by atoms with Crippen LogP contribution in [0.15, 0.2) is 36.4 Å². The molecule has 2 aliphatic heterocycles. The maximum atomic E-state index is 14.7. The van der Waals surface area contributed by atoms with Gasteiger partial charge in [0.2, 0.25) is 13.6 Å². The van der Waals surface area contributed by atoms with Crippen LogP contribution in [-0.4, -0.2) is 19.6 Å². The van der Waals surface area contributed by atoms with Gasteiger partial charge in [-0.15, -0.1) is 0 Å². The zero-order valence-electron chi connectivity index (χ0n) is 13.6. The number of alkyl halides is 2. The van der Waals surface area contributed by atoms with Gasteiger partial charge in [-0.1, -0.05) is 6.07 Å². The molecule has 2 heterocycles. The summed E-state index contributed by atoms with van der Waals surface area (Å²) < 4.78 is 50.4. The van der Waals surface area contributed by atoms with E-state index >= 15 is 0 Å². The van der Waals surface area contributed by atoms with E-state index in [1.165, 1.54) is 25.1 Å². The molecule has 2 aromatic carbocycles. The molecule has 4 rings (SSSR count). The van der Waals surface area contributed by atoms with Crippen LogP contribution in [-0.2, 0) is 12.5 Å². The molecular formula is C18H17F2NO4. The van der Waals surface area contributed by atoms with Gasteiger partial charge in [-0.05, 0) is 42.8 Å². The van der Waals surface area contributed by atoms with Crippen LogP contribution in [0, 0.1) is 0 Å². The van der Waals surface area contributed by atoms with E-state index < -0.39 is 12.0 Å². The van der Waals surface area contributed by atoms with Crippen LogP contribution in [0.1, 0.15) is 18.1 Å². The van der Waals surface area contributed by atoms with Crippen LogP contribution < -0.4 is 24.3 Å². The van der Waals surface area contributed by atoms with Gasteiger partial charge in [-0.2, -0.15) is 8.78 Å². The molecule has 1 N–H and O–H groups in total. The van der Waals surface area contributed by atoms with Crippen molar-refractivity contribution in [2.24, 2.45) is 0 Å². The second-order valence-corrected chi connectivity index (χ2v) is 5.98. The van der Waals surface area contributed by atoms with Gasteiger partial charge in [0.05, 0.1) is 6.04 Å². The van der Waals surface area contributed by atoms with Crippen molar-refractivity contribution in [2.75, 3.05) is 13.6 Å². The predicted molar refractivity (Wildman–Crippen MR) is 85.3 cm³/mol. The number of fused-ring (bicyclic) bond motifs is 2. The summed E-state index contributed by atoms with van der Waals surface area (Å²) in [6.45, 7) is 1.99. The smallest absolute Gasteiger partial charge is 0.288 e. The molecular weight excluding hydrogens is 332 g/mol. The van der Waals surface area contributed by atoms with Crippen LogP contribution in [0.25, 0.3) is 0 Å². The number of hydrogen-bond donors (Lipinski definition) is 1. The van der Waals surface area contributed by atoms with Crippen LogP contribution in [0.3, 0.4) is 0 Å². The van der Waals surface area contributed by atoms with Gasteiger partial charge < -0.3 is 24.3 Å². The van der Waals surface area contributed by atoms with E-state index in [0.29, 0.717) is 23.0 Å². The van der Waals surface area contributed by atoms with Gasteiger partial charge >= 0.3 is 0 Å². The number of ether oxygens (including phenoxy) is 4. The molecule has 0 amide bonds. The molecule has 0 saturated carbocycles. The van der Waals surface area contributed by atoms with E-state index in [2.05, 4.69) is 5.32 Å². The molecule has 5 nitrogen and oxygen atoms in total. The van der Waals surface area contributed by atoms with Crippen molar-refractivity contribution in [1.29, 1.82) is 0 Å². The van der Waals surface area contributed by atoms with Crippen LogP contribution in [0.4, 0.5) is 8.78 Å². The second kappa shape index (κ2) is 6.07. The van der Waals surface area contributed by atoms with E-state index in [4.69, 9.17) is 18.9 Å². The third kappa shape index (κ3) is 2.95. The Kier molecular flexibility index (Phi) is 3.88. The highest BCUT2D eigenvalue weighted by Gasteiger charge is 2.39. The molecule has 0 aromatic heterocycles. The quantitative estimate of drug-likeness (QED) is 0.896. The van der Waals surface area contributed by atoms with Crippen molar-refractivity contribution < 1.29 is 27.7 Å². The Bertz CT molecular complexity index is 797. The van der Waals surface area contributed by atoms with Crippen molar-refractivity contribution in [1.82, 2.24) is 5.32 Å². The molecule has 0 radical (unpaired) electrons. The van der Waals surface area contributed by atoms with Gasteiger partial charge in [-0.3, -0.25) is 0 Å². The summed E-state index contributed by atoms with van der Waals surface area (Å²) in [5.74, 6) is -0.922. The first kappa shape index (κ1) is 16.0. The molecule has 1 unspecified atom stereocenters. The summed E-state index contributed by atoms with van der Waals surface area (Å²) >= 11 is 0. The Hall–Kier alpha value is -2.54. The molecule has 2 aromatic rings. The Morgan fingerprint density at radius 2 is 1.52 bits per heavy atom. The topological polar surface area (TPSA) is 49.0 Å². The fraction of sp³-hybridized carbons (Fsp3) is 0.333. The molecule has 0 saturated heterocycles. The second-order valence-electron chi connectivity index (χ2n) is 5.98. The average molecular weight is 349 g/mol. The van der Waals surface area contributed by atoms with Gasteiger partial charge in [0.15, 0.2) is 23.0 Å². The predicted octanol–water partition coefficient (Wildman–Crippen LogP) is 3.41. The first-order chi connectivity index (χ1) is 12.0. The van der Waals surface area contributed by atoms with E-state index in [1.54, 1.807) is 12.1 Å². The van der Waals surface area contributed by atoms with E-state index in [9.17, 15) is 8.78 Å². The van der Waals surface area contributed by atoms with Crippen LogP contribution >= 0.6 is 0 Å². The van der Waals surface area contributed by atoms with Crippen molar-refractivity contribution in [3.63, 3.8) is 0 Å². The highest BCUT2D eigenvalue weighted by Crippen LogP contribution is 2.39.